The molecule has 2 heterocycles. The Morgan fingerprint density at radius 1 is 1.27 bits per heavy atom. The predicted octanol–water partition coefficient (Wildman–Crippen LogP) is 4.28. The minimum atomic E-state index is -0.539. The lowest BCUT2D eigenvalue weighted by molar-refractivity contribution is -0.113. The van der Waals surface area contributed by atoms with Gasteiger partial charge in [-0.25, -0.2) is 4.39 Å². The number of carbonyl (C=O) groups is 1. The van der Waals surface area contributed by atoms with Gasteiger partial charge in [-0.15, -0.1) is 0 Å². The van der Waals surface area contributed by atoms with Crippen LogP contribution in [0.25, 0.3) is 6.08 Å². The number of hydrogen-bond acceptors (Lipinski definition) is 4. The summed E-state index contributed by atoms with van der Waals surface area (Å²) in [7, 11) is 0. The summed E-state index contributed by atoms with van der Waals surface area (Å²) in [5.74, 6) is -0.794. The molecule has 1 aliphatic heterocycles. The molecule has 0 spiro atoms. The normalized spacial score (nSPS) is 16.6. The summed E-state index contributed by atoms with van der Waals surface area (Å²) in [6.45, 7) is 0. The molecule has 110 valence electrons. The highest BCUT2D eigenvalue weighted by Gasteiger charge is 2.33. The van der Waals surface area contributed by atoms with Gasteiger partial charge >= 0.3 is 0 Å². The maximum Gasteiger partial charge on any atom is 0.270 e. The smallest absolute Gasteiger partial charge is 0.268 e. The van der Waals surface area contributed by atoms with Crippen molar-refractivity contribution >= 4 is 57.6 Å². The Balaban J connectivity index is 1.95. The number of benzene rings is 1. The third-order valence-electron chi connectivity index (χ3n) is 2.96. The monoisotopic (exact) mass is 350 g/mol. The van der Waals surface area contributed by atoms with E-state index in [1.807, 2.05) is 0 Å². The highest BCUT2D eigenvalue weighted by atomic mass is 35.5. The predicted molar refractivity (Wildman–Crippen MR) is 91.3 cm³/mol. The van der Waals surface area contributed by atoms with Crippen molar-refractivity contribution in [1.29, 1.82) is 0 Å². The summed E-state index contributed by atoms with van der Waals surface area (Å²) >= 11 is 12.2. The molecular weight excluding hydrogens is 343 g/mol. The van der Waals surface area contributed by atoms with E-state index in [4.69, 9.17) is 23.8 Å². The highest BCUT2D eigenvalue weighted by Crippen LogP contribution is 2.37. The Morgan fingerprint density at radius 3 is 2.68 bits per heavy atom. The number of nitrogens with zero attached hydrogens (tertiary/aromatic N) is 2. The van der Waals surface area contributed by atoms with Crippen LogP contribution in [0.15, 0.2) is 47.6 Å². The molecule has 1 amide bonds. The fourth-order valence-electron chi connectivity index (χ4n) is 1.93. The summed E-state index contributed by atoms with van der Waals surface area (Å²) < 4.78 is 13.6. The fourth-order valence-corrected chi connectivity index (χ4v) is 3.40. The second-order valence-corrected chi connectivity index (χ2v) is 6.48. The van der Waals surface area contributed by atoms with Crippen LogP contribution in [-0.4, -0.2) is 15.2 Å². The molecule has 0 saturated carbocycles. The van der Waals surface area contributed by atoms with Gasteiger partial charge in [0.15, 0.2) is 4.32 Å². The zero-order valence-electron chi connectivity index (χ0n) is 11.0. The summed E-state index contributed by atoms with van der Waals surface area (Å²) in [5.41, 5.74) is 1.31. The molecule has 22 heavy (non-hydrogen) atoms. The maximum atomic E-state index is 13.3. The molecule has 1 fully saturated rings. The number of anilines is 1. The van der Waals surface area contributed by atoms with Gasteiger partial charge in [0.05, 0.1) is 15.6 Å². The van der Waals surface area contributed by atoms with Crippen molar-refractivity contribution in [2.24, 2.45) is 0 Å². The molecule has 1 aliphatic rings. The third kappa shape index (κ3) is 2.90. The fraction of sp³-hybridized carbons (Fsp3) is 0. The van der Waals surface area contributed by atoms with Crippen molar-refractivity contribution in [3.63, 3.8) is 0 Å². The highest BCUT2D eigenvalue weighted by molar-refractivity contribution is 8.27. The van der Waals surface area contributed by atoms with Gasteiger partial charge in [0, 0.05) is 12.4 Å². The van der Waals surface area contributed by atoms with Crippen LogP contribution in [0.1, 0.15) is 5.56 Å². The average molecular weight is 351 g/mol. The molecule has 2 aromatic rings. The quantitative estimate of drug-likeness (QED) is 0.598. The first kappa shape index (κ1) is 15.1. The number of amides is 1. The van der Waals surface area contributed by atoms with Gasteiger partial charge in [-0.2, -0.15) is 0 Å². The van der Waals surface area contributed by atoms with Crippen LogP contribution in [0.5, 0.6) is 0 Å². The molecule has 0 unspecified atom stereocenters. The standard InChI is InChI=1S/C15H8ClFN2OS2/c16-11-8-10(1-2-12(11)17)19-14(20)13(22-15(19)21)7-9-3-5-18-6-4-9/h1-8H. The molecule has 3 rings (SSSR count). The van der Waals surface area contributed by atoms with Crippen LogP contribution in [0.4, 0.5) is 10.1 Å². The second kappa shape index (κ2) is 6.16. The van der Waals surface area contributed by atoms with Crippen molar-refractivity contribution in [3.8, 4) is 0 Å². The van der Waals surface area contributed by atoms with Crippen molar-refractivity contribution in [3.05, 3.63) is 64.0 Å². The van der Waals surface area contributed by atoms with Crippen molar-refractivity contribution in [1.82, 2.24) is 4.98 Å². The van der Waals surface area contributed by atoms with E-state index in [0.717, 1.165) is 5.56 Å². The maximum absolute atomic E-state index is 13.3. The van der Waals surface area contributed by atoms with Gasteiger partial charge in [-0.05, 0) is 42.0 Å². The van der Waals surface area contributed by atoms with Gasteiger partial charge in [0.1, 0.15) is 5.82 Å². The van der Waals surface area contributed by atoms with E-state index >= 15 is 0 Å². The van der Waals surface area contributed by atoms with Crippen LogP contribution in [0.3, 0.4) is 0 Å². The minimum Gasteiger partial charge on any atom is -0.268 e. The molecule has 3 nitrogen and oxygen atoms in total. The molecule has 1 saturated heterocycles. The number of pyridine rings is 1. The average Bonchev–Trinajstić information content (AvgIpc) is 2.78. The zero-order valence-corrected chi connectivity index (χ0v) is 13.4. The van der Waals surface area contributed by atoms with E-state index in [1.165, 1.54) is 34.9 Å². The summed E-state index contributed by atoms with van der Waals surface area (Å²) in [6, 6.07) is 7.66. The van der Waals surface area contributed by atoms with Crippen molar-refractivity contribution in [2.45, 2.75) is 0 Å². The number of halogens is 2. The molecule has 0 bridgehead atoms. The second-order valence-electron chi connectivity index (χ2n) is 4.40. The summed E-state index contributed by atoms with van der Waals surface area (Å²) in [6.07, 6.45) is 5.03. The molecule has 0 aliphatic carbocycles. The Labute approximate surface area is 140 Å². The molecular formula is C15H8ClFN2OS2. The number of carbonyl (C=O) groups excluding carboxylic acids is 1. The van der Waals surface area contributed by atoms with Crippen molar-refractivity contribution < 1.29 is 9.18 Å². The van der Waals surface area contributed by atoms with Crippen molar-refractivity contribution in [2.75, 3.05) is 4.90 Å². The number of hydrogen-bond donors (Lipinski definition) is 0. The Hall–Kier alpha value is -1.76. The van der Waals surface area contributed by atoms with E-state index in [1.54, 1.807) is 30.6 Å². The van der Waals surface area contributed by atoms with Crippen LogP contribution in [-0.2, 0) is 4.79 Å². The first-order valence-electron chi connectivity index (χ1n) is 6.19. The summed E-state index contributed by atoms with van der Waals surface area (Å²) in [4.78, 5) is 18.3. The Kier molecular flexibility index (Phi) is 4.24. The van der Waals surface area contributed by atoms with Gasteiger partial charge in [-0.1, -0.05) is 35.6 Å². The van der Waals surface area contributed by atoms with Gasteiger partial charge in [0.2, 0.25) is 0 Å². The van der Waals surface area contributed by atoms with Gasteiger partial charge < -0.3 is 0 Å². The van der Waals surface area contributed by atoms with E-state index in [9.17, 15) is 9.18 Å². The van der Waals surface area contributed by atoms with Crippen LogP contribution < -0.4 is 4.90 Å². The summed E-state index contributed by atoms with van der Waals surface area (Å²) in [5, 5.41) is -0.0512. The number of thioether (sulfide) groups is 1. The van der Waals surface area contributed by atoms with Gasteiger partial charge in [-0.3, -0.25) is 14.7 Å². The first-order valence-corrected chi connectivity index (χ1v) is 7.79. The Bertz CT molecular complexity index is 795. The van der Waals surface area contributed by atoms with E-state index in [0.29, 0.717) is 14.9 Å². The zero-order chi connectivity index (χ0) is 15.7. The lowest BCUT2D eigenvalue weighted by Crippen LogP contribution is -2.27. The van der Waals surface area contributed by atoms with Crippen LogP contribution in [0, 0.1) is 5.82 Å². The van der Waals surface area contributed by atoms with Crippen LogP contribution >= 0.6 is 35.6 Å². The number of rotatable bonds is 2. The molecule has 7 heteroatoms. The molecule has 0 atom stereocenters. The topological polar surface area (TPSA) is 33.2 Å². The SMILES string of the molecule is O=C1C(=Cc2ccncc2)SC(=S)N1c1ccc(F)c(Cl)c1. The minimum absolute atomic E-state index is 0.0512. The number of thiocarbonyl (C=S) groups is 1. The lowest BCUT2D eigenvalue weighted by Gasteiger charge is -2.14. The van der Waals surface area contributed by atoms with E-state index in [2.05, 4.69) is 4.98 Å². The molecule has 1 aromatic heterocycles. The van der Waals surface area contributed by atoms with E-state index in [-0.39, 0.29) is 10.9 Å². The lowest BCUT2D eigenvalue weighted by atomic mass is 10.2. The number of aromatic nitrogens is 1. The molecule has 1 aromatic carbocycles. The van der Waals surface area contributed by atoms with E-state index < -0.39 is 5.82 Å². The largest absolute Gasteiger partial charge is 0.270 e. The molecule has 0 radical (unpaired) electrons. The van der Waals surface area contributed by atoms with Crippen LogP contribution in [0.2, 0.25) is 5.02 Å². The first-order chi connectivity index (χ1) is 10.6. The molecule has 0 N–H and O–H groups in total. The third-order valence-corrected chi connectivity index (χ3v) is 4.55. The Morgan fingerprint density at radius 2 is 2.00 bits per heavy atom. The van der Waals surface area contributed by atoms with Gasteiger partial charge in [0.25, 0.3) is 5.91 Å².